The summed E-state index contributed by atoms with van der Waals surface area (Å²) in [5.41, 5.74) is 0.802. The SMILES string of the molecule is CN(CCNC1CC1)c1ccc(S(=O)(=O)C(F)F)cc1. The fourth-order valence-electron chi connectivity index (χ4n) is 1.85. The highest BCUT2D eigenvalue weighted by molar-refractivity contribution is 7.91. The molecule has 2 rings (SSSR count). The van der Waals surface area contributed by atoms with Crippen molar-refractivity contribution in [2.24, 2.45) is 0 Å². The van der Waals surface area contributed by atoms with Crippen LogP contribution in [0.5, 0.6) is 0 Å². The summed E-state index contributed by atoms with van der Waals surface area (Å²) in [6.45, 7) is 1.62. The number of likely N-dealkylation sites (N-methyl/N-ethyl adjacent to an activating group) is 1. The molecule has 0 saturated heterocycles. The van der Waals surface area contributed by atoms with Gasteiger partial charge in [-0.2, -0.15) is 8.78 Å². The molecule has 1 saturated carbocycles. The predicted molar refractivity (Wildman–Crippen MR) is 73.9 cm³/mol. The van der Waals surface area contributed by atoms with E-state index in [0.29, 0.717) is 6.04 Å². The minimum Gasteiger partial charge on any atom is -0.373 e. The number of rotatable bonds is 7. The number of hydrogen-bond acceptors (Lipinski definition) is 4. The van der Waals surface area contributed by atoms with Crippen LogP contribution in [0.1, 0.15) is 12.8 Å². The summed E-state index contributed by atoms with van der Waals surface area (Å²) in [5, 5.41) is 3.37. The Balaban J connectivity index is 1.96. The highest BCUT2D eigenvalue weighted by atomic mass is 32.2. The molecule has 7 heteroatoms. The van der Waals surface area contributed by atoms with Crippen LogP contribution in [0.25, 0.3) is 0 Å². The summed E-state index contributed by atoms with van der Waals surface area (Å²) in [6, 6.07) is 6.18. The van der Waals surface area contributed by atoms with E-state index in [9.17, 15) is 17.2 Å². The predicted octanol–water partition coefficient (Wildman–Crippen LogP) is 1.87. The van der Waals surface area contributed by atoms with E-state index in [-0.39, 0.29) is 4.90 Å². The molecule has 0 radical (unpaired) electrons. The second-order valence-electron chi connectivity index (χ2n) is 4.95. The molecule has 4 nitrogen and oxygen atoms in total. The van der Waals surface area contributed by atoms with Crippen molar-refractivity contribution in [1.29, 1.82) is 0 Å². The molecule has 0 unspecified atom stereocenters. The average Bonchev–Trinajstić information content (AvgIpc) is 3.22. The molecule has 0 spiro atoms. The van der Waals surface area contributed by atoms with Gasteiger partial charge in [0.1, 0.15) is 0 Å². The van der Waals surface area contributed by atoms with Gasteiger partial charge in [0.25, 0.3) is 0 Å². The smallest absolute Gasteiger partial charge is 0.341 e. The molecule has 1 aromatic carbocycles. The highest BCUT2D eigenvalue weighted by Crippen LogP contribution is 2.22. The normalized spacial score (nSPS) is 15.6. The molecule has 1 aromatic rings. The van der Waals surface area contributed by atoms with Crippen molar-refractivity contribution in [2.45, 2.75) is 29.5 Å². The molecule has 1 aliphatic rings. The van der Waals surface area contributed by atoms with Crippen LogP contribution in [0.4, 0.5) is 14.5 Å². The molecule has 112 valence electrons. The molecule has 0 aliphatic heterocycles. The molecule has 0 atom stereocenters. The Morgan fingerprint density at radius 1 is 1.30 bits per heavy atom. The zero-order valence-corrected chi connectivity index (χ0v) is 12.0. The Morgan fingerprint density at radius 3 is 2.40 bits per heavy atom. The van der Waals surface area contributed by atoms with Crippen molar-refractivity contribution in [2.75, 3.05) is 25.0 Å². The molecular weight excluding hydrogens is 286 g/mol. The van der Waals surface area contributed by atoms with Gasteiger partial charge in [-0.1, -0.05) is 0 Å². The van der Waals surface area contributed by atoms with Gasteiger partial charge in [-0.15, -0.1) is 0 Å². The van der Waals surface area contributed by atoms with Crippen LogP contribution in [0.2, 0.25) is 0 Å². The zero-order chi connectivity index (χ0) is 14.8. The Bertz CT molecular complexity index is 542. The van der Waals surface area contributed by atoms with Gasteiger partial charge < -0.3 is 10.2 Å². The first kappa shape index (κ1) is 15.2. The van der Waals surface area contributed by atoms with Crippen molar-refractivity contribution in [3.63, 3.8) is 0 Å². The van der Waals surface area contributed by atoms with Crippen molar-refractivity contribution in [1.82, 2.24) is 5.32 Å². The molecule has 0 heterocycles. The van der Waals surface area contributed by atoms with Crippen molar-refractivity contribution in [3.8, 4) is 0 Å². The van der Waals surface area contributed by atoms with E-state index in [2.05, 4.69) is 5.32 Å². The first-order valence-corrected chi connectivity index (χ1v) is 8.02. The van der Waals surface area contributed by atoms with Gasteiger partial charge in [0.05, 0.1) is 4.90 Å². The summed E-state index contributed by atoms with van der Waals surface area (Å²) in [5.74, 6) is -3.38. The Kier molecular flexibility index (Phi) is 4.59. The fraction of sp³-hybridized carbons (Fsp3) is 0.538. The first-order chi connectivity index (χ1) is 9.41. The Morgan fingerprint density at radius 2 is 1.90 bits per heavy atom. The molecule has 0 bridgehead atoms. The summed E-state index contributed by atoms with van der Waals surface area (Å²) in [6.07, 6.45) is 2.45. The van der Waals surface area contributed by atoms with Crippen LogP contribution in [-0.4, -0.2) is 40.4 Å². The summed E-state index contributed by atoms with van der Waals surface area (Å²) >= 11 is 0. The standard InChI is InChI=1S/C13H18F2N2O2S/c1-17(9-8-16-10-2-3-10)11-4-6-12(7-5-11)20(18,19)13(14)15/h4-7,10,13,16H,2-3,8-9H2,1H3. The van der Waals surface area contributed by atoms with Gasteiger partial charge in [-0.25, -0.2) is 8.42 Å². The van der Waals surface area contributed by atoms with Gasteiger partial charge in [0.15, 0.2) is 0 Å². The molecule has 1 N–H and O–H groups in total. The number of hydrogen-bond donors (Lipinski definition) is 1. The molecule has 0 aromatic heterocycles. The quantitative estimate of drug-likeness (QED) is 0.835. The average molecular weight is 304 g/mol. The highest BCUT2D eigenvalue weighted by Gasteiger charge is 2.26. The van der Waals surface area contributed by atoms with Gasteiger partial charge >= 0.3 is 5.76 Å². The maximum Gasteiger partial charge on any atom is 0.341 e. The maximum atomic E-state index is 12.4. The van der Waals surface area contributed by atoms with Gasteiger partial charge in [-0.3, -0.25) is 0 Å². The Hall–Kier alpha value is -1.21. The number of benzene rings is 1. The third kappa shape index (κ3) is 3.67. The number of nitrogens with one attached hydrogen (secondary N) is 1. The van der Waals surface area contributed by atoms with Gasteiger partial charge in [-0.05, 0) is 37.1 Å². The van der Waals surface area contributed by atoms with Crippen LogP contribution in [0.3, 0.4) is 0 Å². The number of alkyl halides is 2. The third-order valence-corrected chi connectivity index (χ3v) is 4.70. The minimum atomic E-state index is -4.50. The molecule has 20 heavy (non-hydrogen) atoms. The number of anilines is 1. The van der Waals surface area contributed by atoms with Crippen LogP contribution in [-0.2, 0) is 9.84 Å². The topological polar surface area (TPSA) is 49.4 Å². The molecule has 0 amide bonds. The van der Waals surface area contributed by atoms with Crippen LogP contribution < -0.4 is 10.2 Å². The monoisotopic (exact) mass is 304 g/mol. The second-order valence-corrected chi connectivity index (χ2v) is 6.87. The van der Waals surface area contributed by atoms with E-state index >= 15 is 0 Å². The number of sulfone groups is 1. The van der Waals surface area contributed by atoms with E-state index in [1.54, 1.807) is 12.1 Å². The summed E-state index contributed by atoms with van der Waals surface area (Å²) < 4.78 is 47.4. The summed E-state index contributed by atoms with van der Waals surface area (Å²) in [7, 11) is -2.62. The molecular formula is C13H18F2N2O2S. The van der Waals surface area contributed by atoms with E-state index in [1.165, 1.54) is 25.0 Å². The van der Waals surface area contributed by atoms with E-state index in [4.69, 9.17) is 0 Å². The number of halogens is 2. The first-order valence-electron chi connectivity index (χ1n) is 6.48. The van der Waals surface area contributed by atoms with Crippen LogP contribution in [0, 0.1) is 0 Å². The second kappa shape index (κ2) is 6.05. The lowest BCUT2D eigenvalue weighted by atomic mass is 10.3. The third-order valence-electron chi connectivity index (χ3n) is 3.30. The van der Waals surface area contributed by atoms with Crippen LogP contribution in [0.15, 0.2) is 29.2 Å². The Labute approximate surface area is 117 Å². The lowest BCUT2D eigenvalue weighted by Gasteiger charge is -2.19. The lowest BCUT2D eigenvalue weighted by Crippen LogP contribution is -2.30. The van der Waals surface area contributed by atoms with E-state index in [1.807, 2.05) is 11.9 Å². The van der Waals surface area contributed by atoms with Crippen molar-refractivity contribution in [3.05, 3.63) is 24.3 Å². The van der Waals surface area contributed by atoms with Gasteiger partial charge in [0, 0.05) is 31.9 Å². The molecule has 1 aliphatic carbocycles. The maximum absolute atomic E-state index is 12.4. The summed E-state index contributed by atoms with van der Waals surface area (Å²) in [4.78, 5) is 1.61. The largest absolute Gasteiger partial charge is 0.373 e. The molecule has 1 fully saturated rings. The van der Waals surface area contributed by atoms with Crippen molar-refractivity contribution >= 4 is 15.5 Å². The van der Waals surface area contributed by atoms with E-state index < -0.39 is 15.6 Å². The fourth-order valence-corrected chi connectivity index (χ4v) is 2.57. The van der Waals surface area contributed by atoms with E-state index in [0.717, 1.165) is 18.8 Å². The lowest BCUT2D eigenvalue weighted by molar-refractivity contribution is 0.234. The van der Waals surface area contributed by atoms with Gasteiger partial charge in [0.2, 0.25) is 9.84 Å². The minimum absolute atomic E-state index is 0.347. The number of nitrogens with zero attached hydrogens (tertiary/aromatic N) is 1. The van der Waals surface area contributed by atoms with Crippen LogP contribution >= 0.6 is 0 Å². The zero-order valence-electron chi connectivity index (χ0n) is 11.2. The van der Waals surface area contributed by atoms with Crippen molar-refractivity contribution < 1.29 is 17.2 Å².